The summed E-state index contributed by atoms with van der Waals surface area (Å²) in [6.07, 6.45) is 0.833. The van der Waals surface area contributed by atoms with Gasteiger partial charge in [-0.1, -0.05) is 6.58 Å². The van der Waals surface area contributed by atoms with E-state index in [2.05, 4.69) is 11.3 Å². The smallest absolute Gasteiger partial charge is 0.327 e. The zero-order valence-electron chi connectivity index (χ0n) is 5.91. The first-order chi connectivity index (χ1) is 4.68. The van der Waals surface area contributed by atoms with Gasteiger partial charge in [0.15, 0.2) is 0 Å². The molecule has 10 heavy (non-hydrogen) atoms. The molecule has 0 saturated carbocycles. The van der Waals surface area contributed by atoms with Crippen molar-refractivity contribution in [3.8, 4) is 0 Å². The number of hydrogen-bond acceptors (Lipinski definition) is 3. The van der Waals surface area contributed by atoms with Crippen molar-refractivity contribution >= 4 is 5.97 Å². The van der Waals surface area contributed by atoms with Crippen LogP contribution < -0.4 is 0 Å². The van der Waals surface area contributed by atoms with Crippen molar-refractivity contribution in [1.29, 1.82) is 0 Å². The second-order valence-electron chi connectivity index (χ2n) is 1.26. The molecule has 0 amide bonds. The van der Waals surface area contributed by atoms with Gasteiger partial charge in [0.25, 0.3) is 0 Å². The standard InChI is InChI=1S/C3H8O2.C3H4O2/c1-5-3-2-4;1-2-3(4)5/h4H,2-3H2,1H3;2H,1H2,(H,4,5). The number of carboxylic acid groups (broad SMARTS) is 1. The van der Waals surface area contributed by atoms with Crippen molar-refractivity contribution in [2.24, 2.45) is 0 Å². The van der Waals surface area contributed by atoms with E-state index < -0.39 is 5.97 Å². The molecule has 60 valence electrons. The van der Waals surface area contributed by atoms with E-state index in [4.69, 9.17) is 10.2 Å². The van der Waals surface area contributed by atoms with Crippen LogP contribution in [0.4, 0.5) is 0 Å². The Hall–Kier alpha value is -0.870. The van der Waals surface area contributed by atoms with Gasteiger partial charge in [0.05, 0.1) is 13.2 Å². The average molecular weight is 148 g/mol. The van der Waals surface area contributed by atoms with Crippen LogP contribution in [0.1, 0.15) is 0 Å². The second kappa shape index (κ2) is 11.0. The number of ether oxygens (including phenoxy) is 1. The molecule has 0 unspecified atom stereocenters. The quantitative estimate of drug-likeness (QED) is 0.548. The Morgan fingerprint density at radius 1 is 1.80 bits per heavy atom. The number of aliphatic carboxylic acids is 1. The van der Waals surface area contributed by atoms with Gasteiger partial charge in [-0.05, 0) is 0 Å². The van der Waals surface area contributed by atoms with E-state index in [1.165, 1.54) is 0 Å². The maximum absolute atomic E-state index is 9.25. The Balaban J connectivity index is 0. The molecule has 0 aliphatic heterocycles. The highest BCUT2D eigenvalue weighted by atomic mass is 16.5. The third-order valence-corrected chi connectivity index (χ3v) is 0.470. The van der Waals surface area contributed by atoms with Crippen LogP contribution in [0, 0.1) is 0 Å². The summed E-state index contributed by atoms with van der Waals surface area (Å²) in [6.45, 7) is 3.53. The van der Waals surface area contributed by atoms with Crippen molar-refractivity contribution in [2.45, 2.75) is 0 Å². The number of methoxy groups -OCH3 is 1. The lowest BCUT2D eigenvalue weighted by Crippen LogP contribution is -1.91. The van der Waals surface area contributed by atoms with Gasteiger partial charge in [-0.15, -0.1) is 0 Å². The molecule has 0 heterocycles. The molecule has 0 rings (SSSR count). The summed E-state index contributed by atoms with van der Waals surface area (Å²) in [5.74, 6) is -0.981. The number of aliphatic hydroxyl groups is 1. The van der Waals surface area contributed by atoms with E-state index in [1.54, 1.807) is 7.11 Å². The molecule has 2 N–H and O–H groups in total. The molecule has 4 heteroatoms. The second-order valence-corrected chi connectivity index (χ2v) is 1.26. The first kappa shape index (κ1) is 11.9. The maximum atomic E-state index is 9.25. The van der Waals surface area contributed by atoms with E-state index in [1.807, 2.05) is 0 Å². The monoisotopic (exact) mass is 148 g/mol. The van der Waals surface area contributed by atoms with Crippen LogP contribution in [0.2, 0.25) is 0 Å². The summed E-state index contributed by atoms with van der Waals surface area (Å²) in [4.78, 5) is 9.25. The molecule has 0 spiro atoms. The largest absolute Gasteiger partial charge is 0.478 e. The van der Waals surface area contributed by atoms with Crippen molar-refractivity contribution in [1.82, 2.24) is 0 Å². The van der Waals surface area contributed by atoms with Gasteiger partial charge in [0.2, 0.25) is 0 Å². The maximum Gasteiger partial charge on any atom is 0.327 e. The van der Waals surface area contributed by atoms with Crippen LogP contribution in [0.25, 0.3) is 0 Å². The molecule has 0 aromatic rings. The van der Waals surface area contributed by atoms with E-state index in [-0.39, 0.29) is 6.61 Å². The van der Waals surface area contributed by atoms with E-state index in [0.29, 0.717) is 6.61 Å². The fraction of sp³-hybridized carbons (Fsp3) is 0.500. The first-order valence-corrected chi connectivity index (χ1v) is 2.64. The van der Waals surface area contributed by atoms with Crippen LogP contribution in [-0.2, 0) is 9.53 Å². The molecule has 0 atom stereocenters. The van der Waals surface area contributed by atoms with E-state index in [0.717, 1.165) is 6.08 Å². The highest BCUT2D eigenvalue weighted by Gasteiger charge is 1.73. The molecule has 0 aliphatic carbocycles. The van der Waals surface area contributed by atoms with Gasteiger partial charge in [0, 0.05) is 13.2 Å². The topological polar surface area (TPSA) is 66.8 Å². The zero-order chi connectivity index (χ0) is 8.41. The Kier molecular flexibility index (Phi) is 13.1. The van der Waals surface area contributed by atoms with Crippen LogP contribution in [-0.4, -0.2) is 36.5 Å². The third-order valence-electron chi connectivity index (χ3n) is 0.470. The number of carbonyl (C=O) groups is 1. The summed E-state index contributed by atoms with van der Waals surface area (Å²) in [5.41, 5.74) is 0. The zero-order valence-corrected chi connectivity index (χ0v) is 5.91. The lowest BCUT2D eigenvalue weighted by atomic mass is 10.7. The highest BCUT2D eigenvalue weighted by Crippen LogP contribution is 1.56. The number of rotatable bonds is 3. The SMILES string of the molecule is C=CC(=O)O.COCCO. The molecular weight excluding hydrogens is 136 g/mol. The molecule has 0 bridgehead atoms. The lowest BCUT2D eigenvalue weighted by molar-refractivity contribution is -0.131. The van der Waals surface area contributed by atoms with Gasteiger partial charge in [-0.2, -0.15) is 0 Å². The molecule has 0 aliphatic rings. The summed E-state index contributed by atoms with van der Waals surface area (Å²) in [7, 11) is 1.55. The number of carboxylic acids is 1. The fourth-order valence-corrected chi connectivity index (χ4v) is 0.0913. The van der Waals surface area contributed by atoms with Gasteiger partial charge >= 0.3 is 5.97 Å². The summed E-state index contributed by atoms with van der Waals surface area (Å²) in [6, 6.07) is 0. The minimum absolute atomic E-state index is 0.122. The summed E-state index contributed by atoms with van der Waals surface area (Å²) < 4.78 is 4.44. The molecule has 0 aromatic carbocycles. The molecular formula is C6H12O4. The van der Waals surface area contributed by atoms with Crippen LogP contribution >= 0.6 is 0 Å². The highest BCUT2D eigenvalue weighted by molar-refractivity contribution is 5.78. The van der Waals surface area contributed by atoms with Crippen molar-refractivity contribution in [2.75, 3.05) is 20.3 Å². The predicted molar refractivity (Wildman–Crippen MR) is 36.8 cm³/mol. The molecule has 4 nitrogen and oxygen atoms in total. The Morgan fingerprint density at radius 2 is 2.20 bits per heavy atom. The third kappa shape index (κ3) is 27.3. The molecule has 0 saturated heterocycles. The van der Waals surface area contributed by atoms with Crippen molar-refractivity contribution in [3.63, 3.8) is 0 Å². The minimum atomic E-state index is -0.981. The lowest BCUT2D eigenvalue weighted by Gasteiger charge is -1.84. The van der Waals surface area contributed by atoms with Gasteiger partial charge in [-0.25, -0.2) is 4.79 Å². The summed E-state index contributed by atoms with van der Waals surface area (Å²) in [5, 5.41) is 15.5. The van der Waals surface area contributed by atoms with Gasteiger partial charge < -0.3 is 14.9 Å². The van der Waals surface area contributed by atoms with Gasteiger partial charge in [0.1, 0.15) is 0 Å². The first-order valence-electron chi connectivity index (χ1n) is 2.64. The van der Waals surface area contributed by atoms with Crippen molar-refractivity contribution < 1.29 is 19.7 Å². The Morgan fingerprint density at radius 3 is 2.20 bits per heavy atom. The molecule has 0 aromatic heterocycles. The Bertz CT molecular complexity index is 87.7. The number of hydrogen-bond donors (Lipinski definition) is 2. The number of aliphatic hydroxyl groups excluding tert-OH is 1. The Labute approximate surface area is 59.7 Å². The van der Waals surface area contributed by atoms with Crippen LogP contribution in [0.15, 0.2) is 12.7 Å². The van der Waals surface area contributed by atoms with Crippen molar-refractivity contribution in [3.05, 3.63) is 12.7 Å². The van der Waals surface area contributed by atoms with E-state index in [9.17, 15) is 4.79 Å². The average Bonchev–Trinajstić information content (AvgIpc) is 1.91. The van der Waals surface area contributed by atoms with Crippen LogP contribution in [0.3, 0.4) is 0 Å². The minimum Gasteiger partial charge on any atom is -0.478 e. The normalized spacial score (nSPS) is 7.40. The molecule has 0 radical (unpaired) electrons. The molecule has 0 fully saturated rings. The van der Waals surface area contributed by atoms with Crippen LogP contribution in [0.5, 0.6) is 0 Å². The fourth-order valence-electron chi connectivity index (χ4n) is 0.0913. The van der Waals surface area contributed by atoms with Gasteiger partial charge in [-0.3, -0.25) is 0 Å². The predicted octanol–water partition coefficient (Wildman–Crippen LogP) is -0.118. The van der Waals surface area contributed by atoms with E-state index >= 15 is 0 Å². The summed E-state index contributed by atoms with van der Waals surface area (Å²) >= 11 is 0.